The predicted molar refractivity (Wildman–Crippen MR) is 109 cm³/mol. The Balaban J connectivity index is 2.41. The molecule has 0 aromatic heterocycles. The van der Waals surface area contributed by atoms with Crippen LogP contribution in [0.1, 0.15) is 31.1 Å². The van der Waals surface area contributed by atoms with E-state index in [0.29, 0.717) is 5.02 Å². The minimum absolute atomic E-state index is 0.0379. The summed E-state index contributed by atoms with van der Waals surface area (Å²) in [6.07, 6.45) is -0.713. The van der Waals surface area contributed by atoms with Crippen LogP contribution in [-0.2, 0) is 9.47 Å². The Morgan fingerprint density at radius 1 is 1.10 bits per heavy atom. The summed E-state index contributed by atoms with van der Waals surface area (Å²) in [5.41, 5.74) is -0.332. The number of hydrogen-bond donors (Lipinski definition) is 2. The molecule has 0 aliphatic carbocycles. The molecule has 0 bridgehead atoms. The molecule has 2 rings (SSSR count). The van der Waals surface area contributed by atoms with Gasteiger partial charge in [-0.25, -0.2) is 9.59 Å². The smallest absolute Gasteiger partial charge is 0.412 e. The number of nitrogens with one attached hydrogen (secondary N) is 2. The standard InChI is InChI=1S/C19H20ClN3O6/c1-19(2,3)29-18(25)21-12-6-8-16(23(26)27)15(10-12)22-14-9-11(20)5-7-13(14)17(24)28-4/h5-10,22H,1-4H3,(H,21,25). The summed E-state index contributed by atoms with van der Waals surface area (Å²) < 4.78 is 9.90. The van der Waals surface area contributed by atoms with E-state index >= 15 is 0 Å². The van der Waals surface area contributed by atoms with E-state index in [1.54, 1.807) is 20.8 Å². The zero-order valence-corrected chi connectivity index (χ0v) is 17.0. The number of nitrogens with zero attached hydrogens (tertiary/aromatic N) is 1. The maximum absolute atomic E-state index is 12.0. The molecule has 10 heteroatoms. The van der Waals surface area contributed by atoms with Gasteiger partial charge in [0.15, 0.2) is 0 Å². The summed E-state index contributed by atoms with van der Waals surface area (Å²) in [4.78, 5) is 34.8. The molecule has 0 radical (unpaired) electrons. The fourth-order valence-electron chi connectivity index (χ4n) is 2.35. The third-order valence-corrected chi connectivity index (χ3v) is 3.73. The first-order valence-corrected chi connectivity index (χ1v) is 8.81. The van der Waals surface area contributed by atoms with E-state index in [9.17, 15) is 19.7 Å². The van der Waals surface area contributed by atoms with Crippen molar-refractivity contribution in [1.29, 1.82) is 0 Å². The van der Waals surface area contributed by atoms with Crippen LogP contribution >= 0.6 is 11.6 Å². The fourth-order valence-corrected chi connectivity index (χ4v) is 2.52. The van der Waals surface area contributed by atoms with Crippen LogP contribution in [0, 0.1) is 10.1 Å². The lowest BCUT2D eigenvalue weighted by Crippen LogP contribution is -2.27. The van der Waals surface area contributed by atoms with Gasteiger partial charge in [0.1, 0.15) is 11.3 Å². The summed E-state index contributed by atoms with van der Waals surface area (Å²) in [5, 5.41) is 17.1. The summed E-state index contributed by atoms with van der Waals surface area (Å²) in [7, 11) is 1.22. The van der Waals surface area contributed by atoms with Crippen LogP contribution in [0.4, 0.5) is 27.5 Å². The molecule has 0 saturated carbocycles. The van der Waals surface area contributed by atoms with Gasteiger partial charge >= 0.3 is 12.1 Å². The van der Waals surface area contributed by atoms with E-state index in [1.807, 2.05) is 0 Å². The summed E-state index contributed by atoms with van der Waals surface area (Å²) >= 11 is 6.00. The molecule has 0 unspecified atom stereocenters. The molecular weight excluding hydrogens is 402 g/mol. The Bertz CT molecular complexity index is 955. The van der Waals surface area contributed by atoms with Crippen molar-refractivity contribution in [2.45, 2.75) is 26.4 Å². The van der Waals surface area contributed by atoms with Gasteiger partial charge in [-0.2, -0.15) is 0 Å². The van der Waals surface area contributed by atoms with Crippen molar-refractivity contribution >= 4 is 46.4 Å². The molecule has 0 heterocycles. The Morgan fingerprint density at radius 3 is 2.38 bits per heavy atom. The lowest BCUT2D eigenvalue weighted by Gasteiger charge is -2.20. The largest absolute Gasteiger partial charge is 0.465 e. The van der Waals surface area contributed by atoms with Gasteiger partial charge < -0.3 is 14.8 Å². The number of hydrogen-bond acceptors (Lipinski definition) is 7. The van der Waals surface area contributed by atoms with E-state index in [0.717, 1.165) is 0 Å². The minimum Gasteiger partial charge on any atom is -0.465 e. The second-order valence-electron chi connectivity index (χ2n) is 6.92. The number of anilines is 3. The number of nitro groups is 1. The topological polar surface area (TPSA) is 120 Å². The van der Waals surface area contributed by atoms with Gasteiger partial charge in [0.05, 0.1) is 23.3 Å². The van der Waals surface area contributed by atoms with Gasteiger partial charge in [0, 0.05) is 16.8 Å². The predicted octanol–water partition coefficient (Wildman–Crippen LogP) is 5.13. The zero-order valence-electron chi connectivity index (χ0n) is 16.2. The molecule has 0 saturated heterocycles. The normalized spacial score (nSPS) is 10.8. The first-order valence-electron chi connectivity index (χ1n) is 8.43. The number of carbonyl (C=O) groups is 2. The average Bonchev–Trinajstić information content (AvgIpc) is 2.59. The molecular formula is C19H20ClN3O6. The van der Waals surface area contributed by atoms with Crippen LogP contribution in [-0.4, -0.2) is 29.7 Å². The van der Waals surface area contributed by atoms with Crippen molar-refractivity contribution in [1.82, 2.24) is 0 Å². The monoisotopic (exact) mass is 421 g/mol. The van der Waals surface area contributed by atoms with Gasteiger partial charge in [-0.05, 0) is 51.1 Å². The lowest BCUT2D eigenvalue weighted by atomic mass is 10.1. The number of halogens is 1. The second kappa shape index (κ2) is 8.78. The number of amides is 1. The maximum Gasteiger partial charge on any atom is 0.412 e. The molecule has 0 fully saturated rings. The van der Waals surface area contributed by atoms with Crippen LogP contribution in [0.2, 0.25) is 5.02 Å². The molecule has 0 spiro atoms. The number of esters is 1. The van der Waals surface area contributed by atoms with Crippen molar-refractivity contribution in [2.75, 3.05) is 17.7 Å². The molecule has 0 atom stereocenters. The zero-order chi connectivity index (χ0) is 21.8. The Labute approximate surface area is 172 Å². The van der Waals surface area contributed by atoms with Crippen molar-refractivity contribution in [2.24, 2.45) is 0 Å². The van der Waals surface area contributed by atoms with Crippen molar-refractivity contribution < 1.29 is 24.0 Å². The first kappa shape index (κ1) is 22.0. The van der Waals surface area contributed by atoms with E-state index in [2.05, 4.69) is 10.6 Å². The van der Waals surface area contributed by atoms with Gasteiger partial charge in [-0.1, -0.05) is 11.6 Å². The number of carbonyl (C=O) groups excluding carboxylic acids is 2. The Morgan fingerprint density at radius 2 is 1.79 bits per heavy atom. The number of rotatable bonds is 5. The van der Waals surface area contributed by atoms with Crippen LogP contribution in [0.25, 0.3) is 0 Å². The van der Waals surface area contributed by atoms with Crippen LogP contribution < -0.4 is 10.6 Å². The SMILES string of the molecule is COC(=O)c1ccc(Cl)cc1Nc1cc(NC(=O)OC(C)(C)C)ccc1[N+](=O)[O-]. The fraction of sp³-hybridized carbons (Fsp3) is 0.263. The van der Waals surface area contributed by atoms with Gasteiger partial charge in [-0.15, -0.1) is 0 Å². The van der Waals surface area contributed by atoms with Gasteiger partial charge in [-0.3, -0.25) is 15.4 Å². The molecule has 9 nitrogen and oxygen atoms in total. The summed E-state index contributed by atoms with van der Waals surface area (Å²) in [6.45, 7) is 5.13. The highest BCUT2D eigenvalue weighted by Gasteiger charge is 2.20. The second-order valence-corrected chi connectivity index (χ2v) is 7.36. The lowest BCUT2D eigenvalue weighted by molar-refractivity contribution is -0.383. The number of ether oxygens (including phenoxy) is 2. The molecule has 2 aromatic rings. The van der Waals surface area contributed by atoms with E-state index < -0.39 is 22.6 Å². The number of benzene rings is 2. The minimum atomic E-state index is -0.713. The van der Waals surface area contributed by atoms with Gasteiger partial charge in [0.25, 0.3) is 5.69 Å². The van der Waals surface area contributed by atoms with Crippen molar-refractivity contribution in [3.8, 4) is 0 Å². The highest BCUT2D eigenvalue weighted by Crippen LogP contribution is 2.33. The average molecular weight is 422 g/mol. The van der Waals surface area contributed by atoms with Crippen molar-refractivity contribution in [3.63, 3.8) is 0 Å². The van der Waals surface area contributed by atoms with E-state index in [1.165, 1.54) is 43.5 Å². The summed E-state index contributed by atoms with van der Waals surface area (Å²) in [6, 6.07) is 8.30. The van der Waals surface area contributed by atoms with Crippen molar-refractivity contribution in [3.05, 3.63) is 57.1 Å². The van der Waals surface area contributed by atoms with Crippen LogP contribution in [0.3, 0.4) is 0 Å². The quantitative estimate of drug-likeness (QED) is 0.390. The molecule has 2 aromatic carbocycles. The molecule has 1 amide bonds. The van der Waals surface area contributed by atoms with Gasteiger partial charge in [0.2, 0.25) is 0 Å². The number of nitro benzene ring substituents is 1. The first-order chi connectivity index (χ1) is 13.5. The highest BCUT2D eigenvalue weighted by atomic mass is 35.5. The highest BCUT2D eigenvalue weighted by molar-refractivity contribution is 6.31. The molecule has 29 heavy (non-hydrogen) atoms. The molecule has 154 valence electrons. The molecule has 0 aliphatic rings. The Hall–Kier alpha value is -3.33. The maximum atomic E-state index is 12.0. The van der Waals surface area contributed by atoms with E-state index in [-0.39, 0.29) is 28.3 Å². The third-order valence-electron chi connectivity index (χ3n) is 3.49. The van der Waals surface area contributed by atoms with E-state index in [4.69, 9.17) is 21.1 Å². The Kier molecular flexibility index (Phi) is 6.65. The summed E-state index contributed by atoms with van der Waals surface area (Å²) in [5.74, 6) is -0.644. The number of methoxy groups -OCH3 is 1. The third kappa shape index (κ3) is 6.08. The van der Waals surface area contributed by atoms with Crippen LogP contribution in [0.5, 0.6) is 0 Å². The van der Waals surface area contributed by atoms with Crippen LogP contribution in [0.15, 0.2) is 36.4 Å². The molecule has 2 N–H and O–H groups in total. The molecule has 0 aliphatic heterocycles.